The van der Waals surface area contributed by atoms with Crippen LogP contribution in [0.5, 0.6) is 0 Å². The summed E-state index contributed by atoms with van der Waals surface area (Å²) >= 11 is 0. The molecule has 1 aromatic heterocycles. The molecule has 2 N–H and O–H groups in total. The Kier molecular flexibility index (Phi) is 3.43. The molecule has 1 aromatic rings. The van der Waals surface area contributed by atoms with Gasteiger partial charge in [0.25, 0.3) is 0 Å². The van der Waals surface area contributed by atoms with Gasteiger partial charge < -0.3 is 5.73 Å². The molecule has 0 aromatic carbocycles. The number of Topliss-reactive ketones (excluding diaryl/α,β-unsaturated/α-hetero) is 1. The van der Waals surface area contributed by atoms with Crippen molar-refractivity contribution >= 4 is 11.5 Å². The molecule has 1 rings (SSSR count). The number of nitrogen functional groups attached to an aromatic ring is 1. The first-order valence-electron chi connectivity index (χ1n) is 4.48. The molecule has 0 bridgehead atoms. The summed E-state index contributed by atoms with van der Waals surface area (Å²) in [7, 11) is 0. The zero-order valence-corrected chi connectivity index (χ0v) is 7.79. The van der Waals surface area contributed by atoms with Crippen LogP contribution in [0.2, 0.25) is 0 Å². The Morgan fingerprint density at radius 2 is 2.38 bits per heavy atom. The third-order valence-corrected chi connectivity index (χ3v) is 1.91. The van der Waals surface area contributed by atoms with E-state index < -0.39 is 0 Å². The Hall–Kier alpha value is -1.38. The minimum absolute atomic E-state index is 0.0902. The van der Waals surface area contributed by atoms with Crippen LogP contribution in [0.25, 0.3) is 0 Å². The summed E-state index contributed by atoms with van der Waals surface area (Å²) in [6.45, 7) is 2.06. The zero-order chi connectivity index (χ0) is 9.68. The SMILES string of the molecule is CCCCC(=O)c1cnccc1N. The van der Waals surface area contributed by atoms with Crippen LogP contribution in [-0.2, 0) is 0 Å². The number of nitrogens with two attached hydrogens (primary N) is 1. The predicted octanol–water partition coefficient (Wildman–Crippen LogP) is 2.04. The number of anilines is 1. The van der Waals surface area contributed by atoms with Crippen molar-refractivity contribution in [2.24, 2.45) is 0 Å². The summed E-state index contributed by atoms with van der Waals surface area (Å²) in [6, 6.07) is 1.65. The van der Waals surface area contributed by atoms with Crippen molar-refractivity contribution in [3.63, 3.8) is 0 Å². The maximum atomic E-state index is 11.5. The van der Waals surface area contributed by atoms with E-state index in [1.807, 2.05) is 0 Å². The van der Waals surface area contributed by atoms with Crippen LogP contribution in [0.3, 0.4) is 0 Å². The standard InChI is InChI=1S/C10H14N2O/c1-2-3-4-10(13)8-7-12-6-5-9(8)11/h5-7H,2-4H2,1H3,(H2,11,12). The second-order valence-corrected chi connectivity index (χ2v) is 2.99. The van der Waals surface area contributed by atoms with Crippen molar-refractivity contribution in [2.75, 3.05) is 5.73 Å². The number of hydrogen-bond acceptors (Lipinski definition) is 3. The highest BCUT2D eigenvalue weighted by molar-refractivity contribution is 6.00. The van der Waals surface area contributed by atoms with Gasteiger partial charge in [0.05, 0.1) is 5.56 Å². The Morgan fingerprint density at radius 1 is 1.62 bits per heavy atom. The Bertz CT molecular complexity index is 297. The number of rotatable bonds is 4. The average molecular weight is 178 g/mol. The highest BCUT2D eigenvalue weighted by Gasteiger charge is 2.07. The van der Waals surface area contributed by atoms with Crippen molar-refractivity contribution in [2.45, 2.75) is 26.2 Å². The molecule has 0 saturated carbocycles. The molecule has 0 atom stereocenters. The van der Waals surface area contributed by atoms with Gasteiger partial charge in [0.15, 0.2) is 5.78 Å². The van der Waals surface area contributed by atoms with E-state index in [9.17, 15) is 4.79 Å². The topological polar surface area (TPSA) is 56.0 Å². The number of ketones is 1. The molecule has 0 aliphatic rings. The van der Waals surface area contributed by atoms with Gasteiger partial charge in [-0.15, -0.1) is 0 Å². The van der Waals surface area contributed by atoms with Crippen LogP contribution < -0.4 is 5.73 Å². The first-order chi connectivity index (χ1) is 6.25. The molecule has 13 heavy (non-hydrogen) atoms. The van der Waals surface area contributed by atoms with Crippen LogP contribution >= 0.6 is 0 Å². The van der Waals surface area contributed by atoms with Gasteiger partial charge in [-0.1, -0.05) is 13.3 Å². The lowest BCUT2D eigenvalue weighted by Crippen LogP contribution is -2.03. The number of carbonyl (C=O) groups is 1. The fraction of sp³-hybridized carbons (Fsp3) is 0.400. The van der Waals surface area contributed by atoms with Crippen LogP contribution in [0.15, 0.2) is 18.5 Å². The highest BCUT2D eigenvalue weighted by Crippen LogP contribution is 2.12. The summed E-state index contributed by atoms with van der Waals surface area (Å²) in [5, 5.41) is 0. The van der Waals surface area contributed by atoms with Gasteiger partial charge in [-0.25, -0.2) is 0 Å². The summed E-state index contributed by atoms with van der Waals surface area (Å²) in [4.78, 5) is 15.4. The molecular weight excluding hydrogens is 164 g/mol. The summed E-state index contributed by atoms with van der Waals surface area (Å²) in [5.74, 6) is 0.0902. The lowest BCUT2D eigenvalue weighted by Gasteiger charge is -2.02. The van der Waals surface area contributed by atoms with Crippen LogP contribution in [0, 0.1) is 0 Å². The molecule has 0 aliphatic heterocycles. The Labute approximate surface area is 78.0 Å². The van der Waals surface area contributed by atoms with Crippen LogP contribution in [0.1, 0.15) is 36.5 Å². The lowest BCUT2D eigenvalue weighted by atomic mass is 10.1. The van der Waals surface area contributed by atoms with Crippen molar-refractivity contribution in [1.29, 1.82) is 0 Å². The molecule has 0 amide bonds. The zero-order valence-electron chi connectivity index (χ0n) is 7.79. The van der Waals surface area contributed by atoms with Gasteiger partial charge in [-0.2, -0.15) is 0 Å². The minimum atomic E-state index is 0.0902. The molecule has 0 spiro atoms. The molecule has 0 saturated heterocycles. The second-order valence-electron chi connectivity index (χ2n) is 2.99. The molecule has 3 nitrogen and oxygen atoms in total. The van der Waals surface area contributed by atoms with E-state index >= 15 is 0 Å². The van der Waals surface area contributed by atoms with Crippen molar-refractivity contribution in [3.8, 4) is 0 Å². The van der Waals surface area contributed by atoms with Crippen molar-refractivity contribution < 1.29 is 4.79 Å². The molecular formula is C10H14N2O. The quantitative estimate of drug-likeness (QED) is 0.718. The average Bonchev–Trinajstić information content (AvgIpc) is 2.15. The summed E-state index contributed by atoms with van der Waals surface area (Å²) in [6.07, 6.45) is 5.62. The van der Waals surface area contributed by atoms with E-state index in [4.69, 9.17) is 5.73 Å². The molecule has 0 unspecified atom stereocenters. The normalized spacial score (nSPS) is 9.92. The number of carbonyl (C=O) groups excluding carboxylic acids is 1. The smallest absolute Gasteiger partial charge is 0.166 e. The highest BCUT2D eigenvalue weighted by atomic mass is 16.1. The lowest BCUT2D eigenvalue weighted by molar-refractivity contribution is 0.0980. The largest absolute Gasteiger partial charge is 0.398 e. The van der Waals surface area contributed by atoms with E-state index in [0.717, 1.165) is 12.8 Å². The number of hydrogen-bond donors (Lipinski definition) is 1. The molecule has 0 fully saturated rings. The van der Waals surface area contributed by atoms with Gasteiger partial charge in [-0.3, -0.25) is 9.78 Å². The van der Waals surface area contributed by atoms with E-state index in [1.165, 1.54) is 6.20 Å². The first kappa shape index (κ1) is 9.71. The predicted molar refractivity (Wildman–Crippen MR) is 52.5 cm³/mol. The van der Waals surface area contributed by atoms with Gasteiger partial charge >= 0.3 is 0 Å². The first-order valence-corrected chi connectivity index (χ1v) is 4.48. The van der Waals surface area contributed by atoms with Crippen molar-refractivity contribution in [3.05, 3.63) is 24.0 Å². The van der Waals surface area contributed by atoms with Crippen LogP contribution in [-0.4, -0.2) is 10.8 Å². The summed E-state index contributed by atoms with van der Waals surface area (Å²) < 4.78 is 0. The van der Waals surface area contributed by atoms with Crippen LogP contribution in [0.4, 0.5) is 5.69 Å². The van der Waals surface area contributed by atoms with E-state index in [1.54, 1.807) is 12.3 Å². The van der Waals surface area contributed by atoms with E-state index in [0.29, 0.717) is 17.7 Å². The molecule has 0 radical (unpaired) electrons. The third-order valence-electron chi connectivity index (χ3n) is 1.91. The Balaban J connectivity index is 2.71. The third kappa shape index (κ3) is 2.54. The monoisotopic (exact) mass is 178 g/mol. The van der Waals surface area contributed by atoms with Gasteiger partial charge in [0, 0.05) is 24.5 Å². The molecule has 1 heterocycles. The fourth-order valence-corrected chi connectivity index (χ4v) is 1.11. The molecule has 0 aliphatic carbocycles. The van der Waals surface area contributed by atoms with Gasteiger partial charge in [-0.05, 0) is 12.5 Å². The van der Waals surface area contributed by atoms with E-state index in [-0.39, 0.29) is 5.78 Å². The maximum Gasteiger partial charge on any atom is 0.166 e. The molecule has 70 valence electrons. The molecule has 3 heteroatoms. The second kappa shape index (κ2) is 4.60. The minimum Gasteiger partial charge on any atom is -0.398 e. The maximum absolute atomic E-state index is 11.5. The number of unbranched alkanes of at least 4 members (excludes halogenated alkanes) is 1. The Morgan fingerprint density at radius 3 is 3.00 bits per heavy atom. The van der Waals surface area contributed by atoms with Gasteiger partial charge in [0.1, 0.15) is 0 Å². The fourth-order valence-electron chi connectivity index (χ4n) is 1.11. The van der Waals surface area contributed by atoms with Gasteiger partial charge in [0.2, 0.25) is 0 Å². The van der Waals surface area contributed by atoms with Crippen molar-refractivity contribution in [1.82, 2.24) is 4.98 Å². The number of pyridine rings is 1. The summed E-state index contributed by atoms with van der Waals surface area (Å²) in [5.41, 5.74) is 6.71. The number of nitrogens with zero attached hydrogens (tertiary/aromatic N) is 1. The van der Waals surface area contributed by atoms with E-state index in [2.05, 4.69) is 11.9 Å². The number of aromatic nitrogens is 1.